The van der Waals surface area contributed by atoms with Gasteiger partial charge in [-0.05, 0) is 54.8 Å². The fraction of sp³-hybridized carbons (Fsp3) is 0.240. The molecule has 0 radical (unpaired) electrons. The van der Waals surface area contributed by atoms with E-state index in [1.807, 2.05) is 18.2 Å². The Balaban J connectivity index is 1.57. The van der Waals surface area contributed by atoms with E-state index in [-0.39, 0.29) is 18.4 Å². The van der Waals surface area contributed by atoms with Gasteiger partial charge in [0.1, 0.15) is 0 Å². The van der Waals surface area contributed by atoms with Gasteiger partial charge < -0.3 is 10.4 Å². The minimum absolute atomic E-state index is 0.139. The number of hydrogen-bond acceptors (Lipinski definition) is 4. The van der Waals surface area contributed by atoms with E-state index < -0.39 is 36.2 Å². The summed E-state index contributed by atoms with van der Waals surface area (Å²) in [6, 6.07) is 15.7. The van der Waals surface area contributed by atoms with Crippen molar-refractivity contribution in [2.45, 2.75) is 31.9 Å². The first kappa shape index (κ1) is 23.8. The Morgan fingerprint density at radius 2 is 1.91 bits per heavy atom. The van der Waals surface area contributed by atoms with Gasteiger partial charge in [0.25, 0.3) is 0 Å². The Labute approximate surface area is 198 Å². The van der Waals surface area contributed by atoms with Crippen LogP contribution < -0.4 is 5.32 Å². The van der Waals surface area contributed by atoms with Crippen LogP contribution in [0.3, 0.4) is 0 Å². The van der Waals surface area contributed by atoms with Crippen molar-refractivity contribution in [1.29, 1.82) is 0 Å². The fourth-order valence-electron chi connectivity index (χ4n) is 4.40. The first-order valence-electron chi connectivity index (χ1n) is 10.5. The topological polar surface area (TPSA) is 79.3 Å². The van der Waals surface area contributed by atoms with Gasteiger partial charge >= 0.3 is 12.1 Å². The Morgan fingerprint density at radius 1 is 1.12 bits per heavy atom. The van der Waals surface area contributed by atoms with E-state index in [1.54, 1.807) is 36.5 Å². The number of pyridine rings is 1. The van der Waals surface area contributed by atoms with Gasteiger partial charge in [0.05, 0.1) is 35.8 Å². The van der Waals surface area contributed by atoms with Gasteiger partial charge in [0.15, 0.2) is 5.78 Å². The average molecular weight is 489 g/mol. The molecule has 0 fully saturated rings. The SMILES string of the molecule is O=C(O)CC1(CC(F)(F)F)CCc2cc(-c3ccc(Nc4cccc(Cl)c4)cn3)ccc2C1=O. The molecule has 1 aromatic heterocycles. The van der Waals surface area contributed by atoms with Crippen LogP contribution >= 0.6 is 11.6 Å². The molecule has 0 amide bonds. The van der Waals surface area contributed by atoms with Crippen molar-refractivity contribution in [2.24, 2.45) is 5.41 Å². The number of rotatable bonds is 6. The molecule has 1 unspecified atom stereocenters. The Kier molecular flexibility index (Phi) is 6.36. The van der Waals surface area contributed by atoms with Crippen LogP contribution in [0.15, 0.2) is 60.8 Å². The molecular weight excluding hydrogens is 469 g/mol. The van der Waals surface area contributed by atoms with Crippen molar-refractivity contribution >= 4 is 34.7 Å². The summed E-state index contributed by atoms with van der Waals surface area (Å²) in [4.78, 5) is 28.8. The molecule has 9 heteroatoms. The molecule has 176 valence electrons. The summed E-state index contributed by atoms with van der Waals surface area (Å²) >= 11 is 5.99. The molecule has 1 aliphatic rings. The lowest BCUT2D eigenvalue weighted by Crippen LogP contribution is -2.41. The third-order valence-electron chi connectivity index (χ3n) is 5.91. The lowest BCUT2D eigenvalue weighted by Gasteiger charge is -2.36. The van der Waals surface area contributed by atoms with Crippen LogP contribution in [0.25, 0.3) is 11.3 Å². The van der Waals surface area contributed by atoms with Gasteiger partial charge in [-0.25, -0.2) is 0 Å². The Hall–Kier alpha value is -3.39. The van der Waals surface area contributed by atoms with Crippen LogP contribution in [0.5, 0.6) is 0 Å². The number of aryl methyl sites for hydroxylation is 1. The molecule has 0 aliphatic heterocycles. The first-order chi connectivity index (χ1) is 16.0. The number of ketones is 1. The molecule has 0 bridgehead atoms. The maximum atomic E-state index is 13.2. The molecule has 1 atom stereocenters. The second-order valence-electron chi connectivity index (χ2n) is 8.41. The average Bonchev–Trinajstić information content (AvgIpc) is 2.75. The van der Waals surface area contributed by atoms with Crippen LogP contribution in [-0.4, -0.2) is 28.0 Å². The van der Waals surface area contributed by atoms with Crippen LogP contribution in [0.1, 0.15) is 35.2 Å². The summed E-state index contributed by atoms with van der Waals surface area (Å²) in [6.07, 6.45) is -5.31. The Morgan fingerprint density at radius 3 is 2.56 bits per heavy atom. The van der Waals surface area contributed by atoms with E-state index >= 15 is 0 Å². The molecule has 2 N–H and O–H groups in total. The van der Waals surface area contributed by atoms with Gasteiger partial charge in [-0.1, -0.05) is 29.8 Å². The normalized spacial score (nSPS) is 17.8. The first-order valence-corrected chi connectivity index (χ1v) is 10.9. The highest BCUT2D eigenvalue weighted by Crippen LogP contribution is 2.46. The third kappa shape index (κ3) is 5.22. The number of aromatic nitrogens is 1. The number of carbonyl (C=O) groups excluding carboxylic acids is 1. The van der Waals surface area contributed by atoms with Crippen molar-refractivity contribution in [2.75, 3.05) is 5.32 Å². The highest BCUT2D eigenvalue weighted by molar-refractivity contribution is 6.30. The number of nitrogens with one attached hydrogen (secondary N) is 1. The summed E-state index contributed by atoms with van der Waals surface area (Å²) in [6.45, 7) is 0. The van der Waals surface area contributed by atoms with E-state index in [9.17, 15) is 27.9 Å². The summed E-state index contributed by atoms with van der Waals surface area (Å²) in [5, 5.41) is 13.0. The largest absolute Gasteiger partial charge is 0.481 e. The minimum atomic E-state index is -4.65. The number of Topliss-reactive ketones (excluding diaryl/α,β-unsaturated/α-hetero) is 1. The number of carbonyl (C=O) groups is 2. The van der Waals surface area contributed by atoms with Crippen LogP contribution in [0.2, 0.25) is 5.02 Å². The quantitative estimate of drug-likeness (QED) is 0.404. The molecule has 2 aromatic carbocycles. The summed E-state index contributed by atoms with van der Waals surface area (Å²) < 4.78 is 39.6. The zero-order chi connectivity index (χ0) is 24.5. The molecule has 0 saturated heterocycles. The van der Waals surface area contributed by atoms with Crippen LogP contribution in [0.4, 0.5) is 24.5 Å². The number of carboxylic acids is 1. The predicted molar refractivity (Wildman–Crippen MR) is 122 cm³/mol. The number of nitrogens with zero attached hydrogens (tertiary/aromatic N) is 1. The summed E-state index contributed by atoms with van der Waals surface area (Å²) in [7, 11) is 0. The smallest absolute Gasteiger partial charge is 0.390 e. The number of halogens is 4. The van der Waals surface area contributed by atoms with Crippen LogP contribution in [-0.2, 0) is 11.2 Å². The van der Waals surface area contributed by atoms with Gasteiger partial charge in [0.2, 0.25) is 0 Å². The maximum absolute atomic E-state index is 13.2. The number of alkyl halides is 3. The van der Waals surface area contributed by atoms with Crippen molar-refractivity contribution in [1.82, 2.24) is 4.98 Å². The fourth-order valence-corrected chi connectivity index (χ4v) is 4.59. The highest BCUT2D eigenvalue weighted by Gasteiger charge is 2.50. The predicted octanol–water partition coefficient (Wildman–Crippen LogP) is 6.69. The molecule has 1 heterocycles. The zero-order valence-corrected chi connectivity index (χ0v) is 18.6. The molecule has 0 spiro atoms. The molecule has 3 aromatic rings. The standard InChI is InChI=1S/C25H20ClF3N2O3/c26-17-2-1-3-18(11-17)31-19-5-7-21(30-13-19)16-4-6-20-15(10-16)8-9-24(23(20)34,12-22(32)33)14-25(27,28)29/h1-7,10-11,13,31H,8-9,12,14H2,(H,32,33). The van der Waals surface area contributed by atoms with Crippen LogP contribution in [0, 0.1) is 5.41 Å². The molecule has 1 aliphatic carbocycles. The van der Waals surface area contributed by atoms with Crippen molar-refractivity contribution < 1.29 is 27.9 Å². The number of anilines is 2. The number of aliphatic carboxylic acids is 1. The molecule has 34 heavy (non-hydrogen) atoms. The van der Waals surface area contributed by atoms with E-state index in [4.69, 9.17) is 11.6 Å². The molecular formula is C25H20ClF3N2O3. The van der Waals surface area contributed by atoms with E-state index in [1.165, 1.54) is 6.07 Å². The summed E-state index contributed by atoms with van der Waals surface area (Å²) in [5.74, 6) is -2.19. The molecule has 0 saturated carbocycles. The minimum Gasteiger partial charge on any atom is -0.481 e. The van der Waals surface area contributed by atoms with Gasteiger partial charge in [-0.3, -0.25) is 14.6 Å². The zero-order valence-electron chi connectivity index (χ0n) is 17.8. The van der Waals surface area contributed by atoms with Gasteiger partial charge in [-0.15, -0.1) is 0 Å². The number of benzene rings is 2. The van der Waals surface area contributed by atoms with Crippen molar-refractivity contribution in [3.8, 4) is 11.3 Å². The number of hydrogen-bond donors (Lipinski definition) is 2. The third-order valence-corrected chi connectivity index (χ3v) is 6.14. The lowest BCUT2D eigenvalue weighted by molar-refractivity contribution is -0.160. The van der Waals surface area contributed by atoms with Crippen molar-refractivity contribution in [3.63, 3.8) is 0 Å². The second-order valence-corrected chi connectivity index (χ2v) is 8.85. The van der Waals surface area contributed by atoms with E-state index in [0.717, 1.165) is 11.4 Å². The van der Waals surface area contributed by atoms with Crippen molar-refractivity contribution in [3.05, 3.63) is 76.9 Å². The summed E-state index contributed by atoms with van der Waals surface area (Å²) in [5.41, 5.74) is 1.63. The van der Waals surface area contributed by atoms with Gasteiger partial charge in [-0.2, -0.15) is 13.2 Å². The lowest BCUT2D eigenvalue weighted by atomic mass is 9.66. The molecule has 4 rings (SSSR count). The van der Waals surface area contributed by atoms with Gasteiger partial charge in [0, 0.05) is 21.8 Å². The number of carboxylic acid groups (broad SMARTS) is 1. The number of fused-ring (bicyclic) bond motifs is 1. The van der Waals surface area contributed by atoms with E-state index in [2.05, 4.69) is 10.3 Å². The maximum Gasteiger partial charge on any atom is 0.390 e. The van der Waals surface area contributed by atoms with E-state index in [0.29, 0.717) is 21.8 Å². The monoisotopic (exact) mass is 488 g/mol. The Bertz CT molecular complexity index is 1240. The highest BCUT2D eigenvalue weighted by atomic mass is 35.5. The second kappa shape index (κ2) is 9.10. The molecule has 5 nitrogen and oxygen atoms in total.